The van der Waals surface area contributed by atoms with Crippen LogP contribution >= 0.6 is 11.6 Å². The fourth-order valence-electron chi connectivity index (χ4n) is 1.19. The van der Waals surface area contributed by atoms with E-state index in [1.807, 2.05) is 0 Å². The lowest BCUT2D eigenvalue weighted by Crippen LogP contribution is -2.19. The van der Waals surface area contributed by atoms with Crippen LogP contribution < -0.4 is 9.47 Å². The summed E-state index contributed by atoms with van der Waals surface area (Å²) in [7, 11) is 0. The number of hydrogen-bond donors (Lipinski definition) is 0. The molecular formula is C10H6ClF5O3. The molecule has 0 spiro atoms. The van der Waals surface area contributed by atoms with Crippen LogP contribution in [0.1, 0.15) is 10.4 Å². The molecule has 1 rings (SSSR count). The Balaban J connectivity index is 3.14. The number of hydrogen-bond acceptors (Lipinski definition) is 3. The fraction of sp³-hybridized carbons (Fsp3) is 0.300. The van der Waals surface area contributed by atoms with Crippen molar-refractivity contribution >= 4 is 17.4 Å². The van der Waals surface area contributed by atoms with Gasteiger partial charge in [-0.25, -0.2) is 0 Å². The molecule has 0 aliphatic rings. The van der Waals surface area contributed by atoms with E-state index in [4.69, 9.17) is 11.6 Å². The fourth-order valence-corrected chi connectivity index (χ4v) is 1.33. The van der Waals surface area contributed by atoms with Gasteiger partial charge in [0.25, 0.3) is 0 Å². The van der Waals surface area contributed by atoms with Crippen LogP contribution in [0.15, 0.2) is 18.2 Å². The summed E-state index contributed by atoms with van der Waals surface area (Å²) in [5.41, 5.74) is -0.478. The van der Waals surface area contributed by atoms with E-state index in [0.29, 0.717) is 6.07 Å². The Bertz CT molecular complexity index is 461. The Labute approximate surface area is 108 Å². The van der Waals surface area contributed by atoms with Gasteiger partial charge in [0.05, 0.1) is 11.4 Å². The van der Waals surface area contributed by atoms with Gasteiger partial charge in [-0.3, -0.25) is 4.79 Å². The van der Waals surface area contributed by atoms with E-state index in [2.05, 4.69) is 9.47 Å². The molecule has 0 aliphatic carbocycles. The molecule has 0 aliphatic heterocycles. The van der Waals surface area contributed by atoms with Gasteiger partial charge in [0, 0.05) is 6.07 Å². The molecule has 0 saturated heterocycles. The number of ether oxygens (including phenoxy) is 2. The van der Waals surface area contributed by atoms with Crippen molar-refractivity contribution in [2.75, 3.05) is 5.88 Å². The molecule has 19 heavy (non-hydrogen) atoms. The lowest BCUT2D eigenvalue weighted by Gasteiger charge is -2.13. The third-order valence-electron chi connectivity index (χ3n) is 1.83. The summed E-state index contributed by atoms with van der Waals surface area (Å²) >= 11 is 5.22. The van der Waals surface area contributed by atoms with Crippen LogP contribution in [0.25, 0.3) is 0 Å². The van der Waals surface area contributed by atoms with Gasteiger partial charge in [0.2, 0.25) is 0 Å². The molecule has 0 bridgehead atoms. The van der Waals surface area contributed by atoms with Crippen molar-refractivity contribution in [1.29, 1.82) is 0 Å². The molecule has 0 atom stereocenters. The lowest BCUT2D eigenvalue weighted by molar-refractivity contribution is -0.274. The van der Waals surface area contributed by atoms with Crippen LogP contribution in [0.5, 0.6) is 11.5 Å². The molecule has 9 heteroatoms. The van der Waals surface area contributed by atoms with Gasteiger partial charge in [0.1, 0.15) is 11.5 Å². The third-order valence-corrected chi connectivity index (χ3v) is 2.07. The van der Waals surface area contributed by atoms with Gasteiger partial charge >= 0.3 is 13.0 Å². The first-order valence-electron chi connectivity index (χ1n) is 4.66. The first-order chi connectivity index (χ1) is 8.73. The van der Waals surface area contributed by atoms with E-state index in [9.17, 15) is 26.7 Å². The van der Waals surface area contributed by atoms with Gasteiger partial charge in [0.15, 0.2) is 5.78 Å². The smallest absolute Gasteiger partial charge is 0.435 e. The molecule has 0 N–H and O–H groups in total. The van der Waals surface area contributed by atoms with Crippen LogP contribution in [0.3, 0.4) is 0 Å². The minimum absolute atomic E-state index is 0.478. The van der Waals surface area contributed by atoms with Gasteiger partial charge in [-0.05, 0) is 12.1 Å². The van der Waals surface area contributed by atoms with Crippen molar-refractivity contribution in [3.05, 3.63) is 23.8 Å². The van der Waals surface area contributed by atoms with Gasteiger partial charge in [-0.15, -0.1) is 24.8 Å². The zero-order chi connectivity index (χ0) is 14.6. The maximum atomic E-state index is 12.1. The maximum absolute atomic E-state index is 12.1. The standard InChI is InChI=1S/C10H6ClF5O3/c11-4-7(17)6-2-1-5(18-9(12)13)3-8(6)19-10(14,15)16/h1-3,9H,4H2. The summed E-state index contributed by atoms with van der Waals surface area (Å²) in [6, 6.07) is 2.32. The zero-order valence-corrected chi connectivity index (χ0v) is 9.76. The molecule has 0 heterocycles. The van der Waals surface area contributed by atoms with Crippen LogP contribution in [-0.2, 0) is 0 Å². The number of carbonyl (C=O) groups is 1. The van der Waals surface area contributed by atoms with Crippen LogP contribution in [0, 0.1) is 0 Å². The predicted octanol–water partition coefficient (Wildman–Crippen LogP) is 3.61. The van der Waals surface area contributed by atoms with Crippen molar-refractivity contribution < 1.29 is 36.2 Å². The second-order valence-corrected chi connectivity index (χ2v) is 3.41. The molecule has 0 fully saturated rings. The van der Waals surface area contributed by atoms with Crippen molar-refractivity contribution in [3.63, 3.8) is 0 Å². The highest BCUT2D eigenvalue weighted by molar-refractivity contribution is 6.30. The number of benzene rings is 1. The predicted molar refractivity (Wildman–Crippen MR) is 54.8 cm³/mol. The first-order valence-corrected chi connectivity index (χ1v) is 5.20. The van der Waals surface area contributed by atoms with Crippen molar-refractivity contribution in [1.82, 2.24) is 0 Å². The number of alkyl halides is 6. The second-order valence-electron chi connectivity index (χ2n) is 3.14. The number of halogens is 6. The average Bonchev–Trinajstić information content (AvgIpc) is 2.25. The minimum atomic E-state index is -5.08. The normalized spacial score (nSPS) is 11.5. The van der Waals surface area contributed by atoms with Gasteiger partial charge in [-0.2, -0.15) is 8.78 Å². The van der Waals surface area contributed by atoms with E-state index < -0.39 is 41.7 Å². The molecule has 0 amide bonds. The largest absolute Gasteiger partial charge is 0.573 e. The quantitative estimate of drug-likeness (QED) is 0.473. The van der Waals surface area contributed by atoms with Crippen molar-refractivity contribution in [2.24, 2.45) is 0 Å². The Morgan fingerprint density at radius 2 is 1.95 bits per heavy atom. The summed E-state index contributed by atoms with van der Waals surface area (Å²) in [4.78, 5) is 11.3. The van der Waals surface area contributed by atoms with Crippen molar-refractivity contribution in [3.8, 4) is 11.5 Å². The molecule has 0 radical (unpaired) electrons. The summed E-state index contributed by atoms with van der Waals surface area (Å²) < 4.78 is 67.8. The summed E-state index contributed by atoms with van der Waals surface area (Å²) in [6.07, 6.45) is -5.08. The number of Topliss-reactive ketones (excluding diaryl/α,β-unsaturated/α-hetero) is 1. The Morgan fingerprint density at radius 3 is 2.42 bits per heavy atom. The second kappa shape index (κ2) is 6.05. The Hall–Kier alpha value is -1.57. The Kier molecular flexibility index (Phi) is 4.93. The minimum Gasteiger partial charge on any atom is -0.435 e. The lowest BCUT2D eigenvalue weighted by atomic mass is 10.1. The average molecular weight is 305 g/mol. The topological polar surface area (TPSA) is 35.5 Å². The van der Waals surface area contributed by atoms with E-state index in [0.717, 1.165) is 12.1 Å². The van der Waals surface area contributed by atoms with E-state index >= 15 is 0 Å². The summed E-state index contributed by atoms with van der Waals surface area (Å²) in [5.74, 6) is -2.94. The number of ketones is 1. The summed E-state index contributed by atoms with van der Waals surface area (Å²) in [6.45, 7) is -3.21. The van der Waals surface area contributed by atoms with E-state index in [-0.39, 0.29) is 0 Å². The van der Waals surface area contributed by atoms with Gasteiger partial charge in [-0.1, -0.05) is 0 Å². The molecule has 1 aromatic carbocycles. The molecule has 0 unspecified atom stereocenters. The van der Waals surface area contributed by atoms with E-state index in [1.54, 1.807) is 0 Å². The number of rotatable bonds is 5. The summed E-state index contributed by atoms with van der Waals surface area (Å²) in [5, 5.41) is 0. The van der Waals surface area contributed by atoms with Gasteiger partial charge < -0.3 is 9.47 Å². The first kappa shape index (κ1) is 15.5. The van der Waals surface area contributed by atoms with Crippen molar-refractivity contribution in [2.45, 2.75) is 13.0 Å². The molecule has 0 saturated carbocycles. The van der Waals surface area contributed by atoms with Crippen LogP contribution in [-0.4, -0.2) is 24.6 Å². The van der Waals surface area contributed by atoms with Crippen LogP contribution in [0.2, 0.25) is 0 Å². The number of carbonyl (C=O) groups excluding carboxylic acids is 1. The Morgan fingerprint density at radius 1 is 1.32 bits per heavy atom. The van der Waals surface area contributed by atoms with E-state index in [1.165, 1.54) is 0 Å². The SMILES string of the molecule is O=C(CCl)c1ccc(OC(F)F)cc1OC(F)(F)F. The molecule has 0 aromatic heterocycles. The molecule has 106 valence electrons. The molecular weight excluding hydrogens is 299 g/mol. The monoisotopic (exact) mass is 304 g/mol. The third kappa shape index (κ3) is 4.90. The molecule has 3 nitrogen and oxygen atoms in total. The van der Waals surface area contributed by atoms with Crippen LogP contribution in [0.4, 0.5) is 22.0 Å². The molecule has 1 aromatic rings. The zero-order valence-electron chi connectivity index (χ0n) is 9.01. The maximum Gasteiger partial charge on any atom is 0.573 e. The highest BCUT2D eigenvalue weighted by Crippen LogP contribution is 2.31. The highest BCUT2D eigenvalue weighted by atomic mass is 35.5. The highest BCUT2D eigenvalue weighted by Gasteiger charge is 2.33.